The van der Waals surface area contributed by atoms with Crippen LogP contribution >= 0.6 is 0 Å². The molecule has 0 aromatic rings. The highest BCUT2D eigenvalue weighted by Gasteiger charge is 2.37. The molecule has 2 fully saturated rings. The highest BCUT2D eigenvalue weighted by atomic mass is 16.6. The van der Waals surface area contributed by atoms with E-state index in [-0.39, 0.29) is 30.2 Å². The SMILES string of the molecule is CC(C)C(=O)O[C@@H]1[C@@H](CC2CCCC2)CCCC[C@H](CC(=O)OC(C)(C)C)C(=O)O[C@H]1C. The fourth-order valence-electron chi connectivity index (χ4n) is 4.97. The van der Waals surface area contributed by atoms with Gasteiger partial charge in [0.1, 0.15) is 17.8 Å². The predicted octanol–water partition coefficient (Wildman–Crippen LogP) is 5.60. The third kappa shape index (κ3) is 8.74. The van der Waals surface area contributed by atoms with E-state index in [0.717, 1.165) is 25.7 Å². The van der Waals surface area contributed by atoms with Gasteiger partial charge in [0.2, 0.25) is 0 Å². The molecule has 0 bridgehead atoms. The average Bonchev–Trinajstić information content (AvgIpc) is 3.18. The van der Waals surface area contributed by atoms with Crippen molar-refractivity contribution >= 4 is 17.9 Å². The van der Waals surface area contributed by atoms with E-state index in [4.69, 9.17) is 14.2 Å². The average molecular weight is 453 g/mol. The Balaban J connectivity index is 2.14. The van der Waals surface area contributed by atoms with Gasteiger partial charge in [-0.15, -0.1) is 0 Å². The van der Waals surface area contributed by atoms with Crippen molar-refractivity contribution in [3.8, 4) is 0 Å². The molecule has 2 aliphatic rings. The van der Waals surface area contributed by atoms with Crippen molar-refractivity contribution in [2.45, 2.75) is 124 Å². The molecule has 0 unspecified atom stereocenters. The molecule has 1 saturated heterocycles. The van der Waals surface area contributed by atoms with E-state index in [9.17, 15) is 14.4 Å². The third-order valence-electron chi connectivity index (χ3n) is 6.61. The van der Waals surface area contributed by atoms with Gasteiger partial charge >= 0.3 is 17.9 Å². The van der Waals surface area contributed by atoms with Crippen molar-refractivity contribution in [1.82, 2.24) is 0 Å². The number of carbonyl (C=O) groups excluding carboxylic acids is 3. The molecule has 0 amide bonds. The summed E-state index contributed by atoms with van der Waals surface area (Å²) in [5, 5.41) is 0. The van der Waals surface area contributed by atoms with E-state index >= 15 is 0 Å². The first-order valence-electron chi connectivity index (χ1n) is 12.6. The molecule has 2 rings (SSSR count). The van der Waals surface area contributed by atoms with Gasteiger partial charge in [0.05, 0.1) is 18.3 Å². The Morgan fingerprint density at radius 3 is 2.22 bits per heavy atom. The van der Waals surface area contributed by atoms with Gasteiger partial charge in [-0.2, -0.15) is 0 Å². The molecule has 184 valence electrons. The first-order chi connectivity index (χ1) is 15.0. The number of hydrogen-bond acceptors (Lipinski definition) is 6. The van der Waals surface area contributed by atoms with Crippen LogP contribution in [0.3, 0.4) is 0 Å². The van der Waals surface area contributed by atoms with Gasteiger partial charge in [-0.1, -0.05) is 52.4 Å². The fourth-order valence-corrected chi connectivity index (χ4v) is 4.97. The Morgan fingerprint density at radius 1 is 1.03 bits per heavy atom. The molecule has 0 aromatic heterocycles. The standard InChI is InChI=1S/C26H44O6/c1-17(2)24(28)31-23-18(3)30-25(29)21(16-22(27)32-26(4,5)6)14-10-9-13-20(23)15-19-11-7-8-12-19/h17-21,23H,7-16H2,1-6H3/t18-,20+,21+,23-/m0/s1. The van der Waals surface area contributed by atoms with Crippen LogP contribution in [0.15, 0.2) is 0 Å². The van der Waals surface area contributed by atoms with Crippen LogP contribution in [0.5, 0.6) is 0 Å². The largest absolute Gasteiger partial charge is 0.460 e. The van der Waals surface area contributed by atoms with Gasteiger partial charge in [0.25, 0.3) is 0 Å². The fraction of sp³-hybridized carbons (Fsp3) is 0.885. The molecular weight excluding hydrogens is 408 g/mol. The van der Waals surface area contributed by atoms with Crippen LogP contribution < -0.4 is 0 Å². The molecule has 0 radical (unpaired) electrons. The molecule has 4 atom stereocenters. The number of carbonyl (C=O) groups is 3. The minimum atomic E-state index is -0.589. The summed E-state index contributed by atoms with van der Waals surface area (Å²) in [6, 6.07) is 0. The van der Waals surface area contributed by atoms with Crippen molar-refractivity contribution in [3.63, 3.8) is 0 Å². The maximum absolute atomic E-state index is 13.0. The van der Waals surface area contributed by atoms with Crippen LogP contribution in [0.2, 0.25) is 0 Å². The summed E-state index contributed by atoms with van der Waals surface area (Å²) in [4.78, 5) is 37.8. The highest BCUT2D eigenvalue weighted by Crippen LogP contribution is 2.36. The summed E-state index contributed by atoms with van der Waals surface area (Å²) >= 11 is 0. The van der Waals surface area contributed by atoms with Crippen molar-refractivity contribution in [1.29, 1.82) is 0 Å². The summed E-state index contributed by atoms with van der Waals surface area (Å²) in [6.07, 6.45) is 8.36. The Hall–Kier alpha value is -1.59. The zero-order chi connectivity index (χ0) is 23.9. The van der Waals surface area contributed by atoms with Crippen molar-refractivity contribution in [3.05, 3.63) is 0 Å². The Morgan fingerprint density at radius 2 is 1.62 bits per heavy atom. The molecule has 1 aliphatic carbocycles. The van der Waals surface area contributed by atoms with Gasteiger partial charge in [-0.3, -0.25) is 14.4 Å². The monoisotopic (exact) mass is 452 g/mol. The van der Waals surface area contributed by atoms with Gasteiger partial charge in [-0.05, 0) is 58.8 Å². The zero-order valence-corrected chi connectivity index (χ0v) is 21.0. The normalized spacial score (nSPS) is 28.3. The number of rotatable bonds is 6. The van der Waals surface area contributed by atoms with Crippen molar-refractivity contribution in [2.75, 3.05) is 0 Å². The molecular formula is C26H44O6. The van der Waals surface area contributed by atoms with Crippen LogP contribution in [0.25, 0.3) is 0 Å². The van der Waals surface area contributed by atoms with Crippen LogP contribution in [0.1, 0.15) is 106 Å². The van der Waals surface area contributed by atoms with Crippen molar-refractivity contribution in [2.24, 2.45) is 23.7 Å². The van der Waals surface area contributed by atoms with Crippen LogP contribution in [-0.4, -0.2) is 35.7 Å². The van der Waals surface area contributed by atoms with Gasteiger partial charge in [0.15, 0.2) is 0 Å². The molecule has 6 nitrogen and oxygen atoms in total. The van der Waals surface area contributed by atoms with Crippen LogP contribution in [0, 0.1) is 23.7 Å². The third-order valence-corrected chi connectivity index (χ3v) is 6.61. The first-order valence-corrected chi connectivity index (χ1v) is 12.6. The first kappa shape index (κ1) is 26.7. The minimum Gasteiger partial charge on any atom is -0.460 e. The van der Waals surface area contributed by atoms with E-state index in [1.54, 1.807) is 0 Å². The lowest BCUT2D eigenvalue weighted by Crippen LogP contribution is -2.42. The summed E-state index contributed by atoms with van der Waals surface area (Å²) in [5.74, 6) is -0.948. The second kappa shape index (κ2) is 12.0. The quantitative estimate of drug-likeness (QED) is 0.385. The highest BCUT2D eigenvalue weighted by molar-refractivity contribution is 5.80. The number of hydrogen-bond donors (Lipinski definition) is 0. The second-order valence-corrected chi connectivity index (χ2v) is 11.1. The zero-order valence-electron chi connectivity index (χ0n) is 21.0. The van der Waals surface area contributed by atoms with E-state index < -0.39 is 29.7 Å². The van der Waals surface area contributed by atoms with E-state index in [2.05, 4.69) is 0 Å². The smallest absolute Gasteiger partial charge is 0.309 e. The maximum atomic E-state index is 13.0. The summed E-state index contributed by atoms with van der Waals surface area (Å²) in [5.41, 5.74) is -0.589. The minimum absolute atomic E-state index is 0.0186. The molecule has 32 heavy (non-hydrogen) atoms. The molecule has 0 N–H and O–H groups in total. The van der Waals surface area contributed by atoms with Gasteiger partial charge < -0.3 is 14.2 Å². The van der Waals surface area contributed by atoms with Crippen molar-refractivity contribution < 1.29 is 28.6 Å². The molecule has 0 spiro atoms. The summed E-state index contributed by atoms with van der Waals surface area (Å²) in [6.45, 7) is 10.9. The molecule has 1 saturated carbocycles. The second-order valence-electron chi connectivity index (χ2n) is 11.1. The Bertz CT molecular complexity index is 629. The van der Waals surface area contributed by atoms with E-state index in [1.807, 2.05) is 41.5 Å². The Kier molecular flexibility index (Phi) is 10.0. The van der Waals surface area contributed by atoms with E-state index in [1.165, 1.54) is 25.7 Å². The van der Waals surface area contributed by atoms with E-state index in [0.29, 0.717) is 12.3 Å². The molecule has 6 heteroatoms. The lowest BCUT2D eigenvalue weighted by molar-refractivity contribution is -0.179. The number of cyclic esters (lactones) is 1. The predicted molar refractivity (Wildman–Crippen MR) is 123 cm³/mol. The topological polar surface area (TPSA) is 78.9 Å². The summed E-state index contributed by atoms with van der Waals surface area (Å²) in [7, 11) is 0. The maximum Gasteiger partial charge on any atom is 0.309 e. The van der Waals surface area contributed by atoms with Crippen LogP contribution in [-0.2, 0) is 28.6 Å². The van der Waals surface area contributed by atoms with Gasteiger partial charge in [-0.25, -0.2) is 0 Å². The Labute approximate surface area is 194 Å². The summed E-state index contributed by atoms with van der Waals surface area (Å²) < 4.78 is 17.2. The van der Waals surface area contributed by atoms with Gasteiger partial charge in [0, 0.05) is 0 Å². The lowest BCUT2D eigenvalue weighted by Gasteiger charge is -2.35. The lowest BCUT2D eigenvalue weighted by atomic mass is 9.82. The number of ether oxygens (including phenoxy) is 3. The number of esters is 3. The molecule has 1 heterocycles. The van der Waals surface area contributed by atoms with Crippen LogP contribution in [0.4, 0.5) is 0 Å². The molecule has 1 aliphatic heterocycles. The molecule has 0 aromatic carbocycles.